The second-order valence-corrected chi connectivity index (χ2v) is 6.28. The number of aromatic nitrogens is 1. The van der Waals surface area contributed by atoms with E-state index in [1.165, 1.54) is 17.5 Å². The number of H-pyrrole nitrogens is 1. The maximum atomic E-state index is 11.9. The van der Waals surface area contributed by atoms with E-state index in [0.29, 0.717) is 5.69 Å². The molecule has 1 heterocycles. The summed E-state index contributed by atoms with van der Waals surface area (Å²) in [5, 5.41) is 0. The van der Waals surface area contributed by atoms with E-state index in [4.69, 9.17) is 0 Å². The number of amides is 2. The molecule has 22 heavy (non-hydrogen) atoms. The zero-order valence-corrected chi connectivity index (χ0v) is 13.5. The van der Waals surface area contributed by atoms with Crippen molar-refractivity contribution < 1.29 is 9.59 Å². The van der Waals surface area contributed by atoms with Crippen LogP contribution in [0.25, 0.3) is 0 Å². The number of hydrogen-bond acceptors (Lipinski definition) is 2. The van der Waals surface area contributed by atoms with Gasteiger partial charge in [0.2, 0.25) is 5.91 Å². The molecule has 0 saturated carbocycles. The monoisotopic (exact) mass is 361 g/mol. The van der Waals surface area contributed by atoms with Gasteiger partial charge in [-0.1, -0.05) is 18.2 Å². The van der Waals surface area contributed by atoms with Gasteiger partial charge in [-0.05, 0) is 57.9 Å². The molecule has 114 valence electrons. The lowest BCUT2D eigenvalue weighted by molar-refractivity contribution is -0.121. The fraction of sp³-hybridized carbons (Fsp3) is 0.250. The quantitative estimate of drug-likeness (QED) is 0.733. The Morgan fingerprint density at radius 1 is 1.14 bits per heavy atom. The fourth-order valence-corrected chi connectivity index (χ4v) is 3.00. The van der Waals surface area contributed by atoms with E-state index < -0.39 is 0 Å². The molecule has 3 N–H and O–H groups in total. The van der Waals surface area contributed by atoms with Crippen molar-refractivity contribution in [3.63, 3.8) is 0 Å². The van der Waals surface area contributed by atoms with Gasteiger partial charge in [-0.15, -0.1) is 0 Å². The van der Waals surface area contributed by atoms with E-state index in [0.717, 1.165) is 22.9 Å². The third-order valence-electron chi connectivity index (χ3n) is 3.74. The van der Waals surface area contributed by atoms with Gasteiger partial charge >= 0.3 is 0 Å². The number of hydrogen-bond donors (Lipinski definition) is 3. The molecule has 0 radical (unpaired) electrons. The van der Waals surface area contributed by atoms with Crippen molar-refractivity contribution in [2.75, 3.05) is 0 Å². The molecule has 3 rings (SSSR count). The molecule has 0 saturated heterocycles. The molecule has 5 nitrogen and oxygen atoms in total. The van der Waals surface area contributed by atoms with Crippen LogP contribution in [0.3, 0.4) is 0 Å². The molecule has 1 aliphatic rings. The molecule has 0 fully saturated rings. The third-order valence-corrected chi connectivity index (χ3v) is 4.19. The lowest BCUT2D eigenvalue weighted by atomic mass is 10.0. The fourth-order valence-electron chi connectivity index (χ4n) is 2.66. The van der Waals surface area contributed by atoms with Gasteiger partial charge in [0.25, 0.3) is 5.91 Å². The van der Waals surface area contributed by atoms with E-state index in [1.807, 2.05) is 6.07 Å². The number of halogens is 1. The highest BCUT2D eigenvalue weighted by atomic mass is 79.9. The Morgan fingerprint density at radius 2 is 1.95 bits per heavy atom. The normalized spacial score (nSPS) is 12.8. The van der Waals surface area contributed by atoms with Crippen LogP contribution in [0.1, 0.15) is 33.6 Å². The Labute approximate surface area is 136 Å². The number of carbonyl (C=O) groups excluding carboxylic acids is 2. The van der Waals surface area contributed by atoms with Crippen molar-refractivity contribution >= 4 is 27.7 Å². The van der Waals surface area contributed by atoms with Crippen molar-refractivity contribution in [3.8, 4) is 0 Å². The summed E-state index contributed by atoms with van der Waals surface area (Å²) in [6.45, 7) is 0. The minimum Gasteiger partial charge on any atom is -0.356 e. The van der Waals surface area contributed by atoms with Gasteiger partial charge in [0.05, 0.1) is 6.42 Å². The number of nitrogens with one attached hydrogen (secondary N) is 3. The molecule has 1 aromatic carbocycles. The number of aryl methyl sites for hydroxylation is 2. The van der Waals surface area contributed by atoms with E-state index in [1.54, 1.807) is 12.3 Å². The average molecular weight is 362 g/mol. The molecule has 0 spiro atoms. The van der Waals surface area contributed by atoms with E-state index >= 15 is 0 Å². The maximum absolute atomic E-state index is 11.9. The average Bonchev–Trinajstić information content (AvgIpc) is 3.13. The van der Waals surface area contributed by atoms with Crippen molar-refractivity contribution in [2.24, 2.45) is 0 Å². The second-order valence-electron chi connectivity index (χ2n) is 5.37. The largest absolute Gasteiger partial charge is 0.356 e. The first kappa shape index (κ1) is 14.8. The van der Waals surface area contributed by atoms with Crippen LogP contribution in [-0.4, -0.2) is 16.8 Å². The van der Waals surface area contributed by atoms with Crippen LogP contribution >= 0.6 is 15.9 Å². The van der Waals surface area contributed by atoms with E-state index in [-0.39, 0.29) is 18.2 Å². The number of hydrazine groups is 1. The molecule has 0 atom stereocenters. The summed E-state index contributed by atoms with van der Waals surface area (Å²) in [6, 6.07) is 7.81. The van der Waals surface area contributed by atoms with Gasteiger partial charge in [-0.2, -0.15) is 0 Å². The molecule has 2 aromatic rings. The highest BCUT2D eigenvalue weighted by molar-refractivity contribution is 9.10. The van der Waals surface area contributed by atoms with Gasteiger partial charge in [0.1, 0.15) is 5.69 Å². The summed E-state index contributed by atoms with van der Waals surface area (Å²) >= 11 is 3.25. The van der Waals surface area contributed by atoms with Gasteiger partial charge < -0.3 is 4.98 Å². The minimum absolute atomic E-state index is 0.239. The summed E-state index contributed by atoms with van der Waals surface area (Å²) in [6.07, 6.45) is 5.31. The number of rotatable bonds is 3. The number of benzene rings is 1. The first-order chi connectivity index (χ1) is 10.6. The summed E-state index contributed by atoms with van der Waals surface area (Å²) in [5.41, 5.74) is 8.90. The van der Waals surface area contributed by atoms with E-state index in [9.17, 15) is 9.59 Å². The van der Waals surface area contributed by atoms with Crippen molar-refractivity contribution in [2.45, 2.75) is 25.7 Å². The Balaban J connectivity index is 1.53. The molecular formula is C16H16BrN3O2. The summed E-state index contributed by atoms with van der Waals surface area (Å²) in [5.74, 6) is -0.620. The third kappa shape index (κ3) is 3.39. The van der Waals surface area contributed by atoms with Crippen LogP contribution in [0.5, 0.6) is 0 Å². The van der Waals surface area contributed by atoms with Crippen LogP contribution in [0, 0.1) is 0 Å². The summed E-state index contributed by atoms with van der Waals surface area (Å²) in [7, 11) is 0. The standard InChI is InChI=1S/C16H16BrN3O2/c17-13-8-14(18-9-13)16(22)20-19-15(21)7-10-4-5-11-2-1-3-12(11)6-10/h4-6,8-9,18H,1-3,7H2,(H,19,21)(H,20,22). The first-order valence-electron chi connectivity index (χ1n) is 7.15. The van der Waals surface area contributed by atoms with Gasteiger partial charge in [0, 0.05) is 10.7 Å². The Kier molecular flexibility index (Phi) is 4.29. The Bertz CT molecular complexity index is 724. The van der Waals surface area contributed by atoms with Crippen LogP contribution < -0.4 is 10.9 Å². The zero-order valence-electron chi connectivity index (χ0n) is 11.9. The molecule has 1 aliphatic carbocycles. The molecule has 2 amide bonds. The Hall–Kier alpha value is -2.08. The van der Waals surface area contributed by atoms with Crippen molar-refractivity contribution in [3.05, 3.63) is 57.3 Å². The van der Waals surface area contributed by atoms with Gasteiger partial charge in [0.15, 0.2) is 0 Å². The first-order valence-corrected chi connectivity index (χ1v) is 7.95. The van der Waals surface area contributed by atoms with Crippen LogP contribution in [0.15, 0.2) is 34.9 Å². The van der Waals surface area contributed by atoms with Gasteiger partial charge in [-0.3, -0.25) is 20.4 Å². The highest BCUT2D eigenvalue weighted by Crippen LogP contribution is 2.22. The van der Waals surface area contributed by atoms with Crippen LogP contribution in [-0.2, 0) is 24.1 Å². The highest BCUT2D eigenvalue weighted by Gasteiger charge is 2.13. The van der Waals surface area contributed by atoms with Gasteiger partial charge in [-0.25, -0.2) is 0 Å². The smallest absolute Gasteiger partial charge is 0.286 e. The predicted molar refractivity (Wildman–Crippen MR) is 86.3 cm³/mol. The Morgan fingerprint density at radius 3 is 2.73 bits per heavy atom. The second kappa shape index (κ2) is 6.36. The molecule has 1 aromatic heterocycles. The van der Waals surface area contributed by atoms with Crippen LogP contribution in [0.4, 0.5) is 0 Å². The lowest BCUT2D eigenvalue weighted by Crippen LogP contribution is -2.42. The summed E-state index contributed by atoms with van der Waals surface area (Å²) in [4.78, 5) is 26.5. The van der Waals surface area contributed by atoms with Crippen molar-refractivity contribution in [1.29, 1.82) is 0 Å². The molecule has 0 aliphatic heterocycles. The zero-order chi connectivity index (χ0) is 15.5. The predicted octanol–water partition coefficient (Wildman–Crippen LogP) is 2.27. The molecule has 6 heteroatoms. The lowest BCUT2D eigenvalue weighted by Gasteiger charge is -2.07. The number of aromatic amines is 1. The van der Waals surface area contributed by atoms with E-state index in [2.05, 4.69) is 43.9 Å². The minimum atomic E-state index is -0.381. The SMILES string of the molecule is O=C(Cc1ccc2c(c1)CCC2)NNC(=O)c1cc(Br)c[nH]1. The molecule has 0 unspecified atom stereocenters. The van der Waals surface area contributed by atoms with Crippen molar-refractivity contribution in [1.82, 2.24) is 15.8 Å². The molecular weight excluding hydrogens is 346 g/mol. The number of carbonyl (C=O) groups is 2. The maximum Gasteiger partial charge on any atom is 0.286 e. The number of fused-ring (bicyclic) bond motifs is 1. The summed E-state index contributed by atoms with van der Waals surface area (Å²) < 4.78 is 0.780. The molecule has 0 bridgehead atoms. The van der Waals surface area contributed by atoms with Crippen LogP contribution in [0.2, 0.25) is 0 Å². The topological polar surface area (TPSA) is 74.0 Å².